The Morgan fingerprint density at radius 2 is 2.25 bits per heavy atom. The van der Waals surface area contributed by atoms with Crippen molar-refractivity contribution in [2.24, 2.45) is 12.0 Å². The van der Waals surface area contributed by atoms with Gasteiger partial charge in [-0.05, 0) is 41.3 Å². The van der Waals surface area contributed by atoms with Crippen molar-refractivity contribution < 1.29 is 9.47 Å². The van der Waals surface area contributed by atoms with E-state index in [-0.39, 0.29) is 0 Å². The number of aromatic nitrogens is 1. The fourth-order valence-corrected chi connectivity index (χ4v) is 3.36. The Labute approximate surface area is 153 Å². The van der Waals surface area contributed by atoms with Gasteiger partial charge in [-0.25, -0.2) is 0 Å². The summed E-state index contributed by atoms with van der Waals surface area (Å²) in [4.78, 5) is 6.49. The van der Waals surface area contributed by atoms with E-state index in [9.17, 15) is 0 Å². The van der Waals surface area contributed by atoms with Crippen molar-refractivity contribution in [3.05, 3.63) is 22.4 Å². The average Bonchev–Trinajstić information content (AvgIpc) is 2.89. The Balaban J connectivity index is 1.66. The van der Waals surface area contributed by atoms with Gasteiger partial charge in [0, 0.05) is 63.9 Å². The summed E-state index contributed by atoms with van der Waals surface area (Å²) in [6, 6.07) is 2.13. The van der Waals surface area contributed by atoms with Crippen LogP contribution >= 0.6 is 15.9 Å². The minimum absolute atomic E-state index is 0.372. The van der Waals surface area contributed by atoms with Crippen LogP contribution < -0.4 is 5.32 Å². The van der Waals surface area contributed by atoms with Gasteiger partial charge in [0.05, 0.1) is 12.6 Å². The number of nitrogens with zero attached hydrogens (tertiary/aromatic N) is 3. The average molecular weight is 401 g/mol. The van der Waals surface area contributed by atoms with Gasteiger partial charge in [0.15, 0.2) is 5.96 Å². The molecule has 1 aliphatic heterocycles. The van der Waals surface area contributed by atoms with E-state index in [2.05, 4.69) is 62.1 Å². The van der Waals surface area contributed by atoms with E-state index >= 15 is 0 Å². The van der Waals surface area contributed by atoms with E-state index in [1.165, 1.54) is 5.69 Å². The summed E-state index contributed by atoms with van der Waals surface area (Å²) in [6.45, 7) is 4.10. The van der Waals surface area contributed by atoms with Crippen molar-refractivity contribution >= 4 is 21.9 Å². The van der Waals surface area contributed by atoms with Crippen LogP contribution in [0.15, 0.2) is 21.7 Å². The third-order valence-electron chi connectivity index (χ3n) is 4.17. The molecule has 1 fully saturated rings. The molecule has 1 N–H and O–H groups in total. The highest BCUT2D eigenvalue weighted by atomic mass is 79.9. The molecule has 7 heteroatoms. The SMILES string of the molecule is CN=C(NCCCOC1CCOCC1)N(C)Cc1cc(Br)cn1C. The van der Waals surface area contributed by atoms with Crippen LogP contribution in [0, 0.1) is 0 Å². The van der Waals surface area contributed by atoms with Gasteiger partial charge in [-0.1, -0.05) is 0 Å². The second-order valence-corrected chi connectivity index (χ2v) is 7.04. The number of aliphatic imine (C=N–C) groups is 1. The summed E-state index contributed by atoms with van der Waals surface area (Å²) in [5.41, 5.74) is 1.23. The first-order valence-electron chi connectivity index (χ1n) is 8.52. The van der Waals surface area contributed by atoms with Crippen LogP contribution in [0.25, 0.3) is 0 Å². The maximum absolute atomic E-state index is 5.89. The number of nitrogens with one attached hydrogen (secondary N) is 1. The van der Waals surface area contributed by atoms with Gasteiger partial charge < -0.3 is 24.3 Å². The molecule has 0 aliphatic carbocycles. The number of hydrogen-bond acceptors (Lipinski definition) is 3. The van der Waals surface area contributed by atoms with E-state index in [1.807, 2.05) is 7.05 Å². The molecule has 0 radical (unpaired) electrons. The van der Waals surface area contributed by atoms with Crippen molar-refractivity contribution in [2.45, 2.75) is 31.9 Å². The molecule has 2 heterocycles. The maximum Gasteiger partial charge on any atom is 0.193 e. The topological polar surface area (TPSA) is 51.0 Å². The second kappa shape index (κ2) is 10.1. The van der Waals surface area contributed by atoms with Gasteiger partial charge in [-0.3, -0.25) is 4.99 Å². The fourth-order valence-electron chi connectivity index (χ4n) is 2.79. The van der Waals surface area contributed by atoms with Crippen LogP contribution in [0.4, 0.5) is 0 Å². The van der Waals surface area contributed by atoms with Gasteiger partial charge in [0.1, 0.15) is 0 Å². The molecular formula is C17H29BrN4O2. The summed E-state index contributed by atoms with van der Waals surface area (Å²) in [5, 5.41) is 3.40. The zero-order chi connectivity index (χ0) is 17.4. The van der Waals surface area contributed by atoms with Gasteiger partial charge in [-0.15, -0.1) is 0 Å². The van der Waals surface area contributed by atoms with Gasteiger partial charge in [0.25, 0.3) is 0 Å². The Bertz CT molecular complexity index is 527. The number of ether oxygens (including phenoxy) is 2. The first-order valence-corrected chi connectivity index (χ1v) is 9.31. The van der Waals surface area contributed by atoms with Gasteiger partial charge in [0.2, 0.25) is 0 Å². The van der Waals surface area contributed by atoms with E-state index in [0.717, 1.165) is 62.6 Å². The zero-order valence-electron chi connectivity index (χ0n) is 14.9. The molecule has 1 aliphatic rings. The van der Waals surface area contributed by atoms with Gasteiger partial charge in [-0.2, -0.15) is 0 Å². The minimum atomic E-state index is 0.372. The molecule has 0 atom stereocenters. The van der Waals surface area contributed by atoms with E-state index in [0.29, 0.717) is 6.10 Å². The lowest BCUT2D eigenvalue weighted by Crippen LogP contribution is -2.39. The predicted molar refractivity (Wildman–Crippen MR) is 100 cm³/mol. The van der Waals surface area contributed by atoms with Crippen LogP contribution in [0.3, 0.4) is 0 Å². The monoisotopic (exact) mass is 400 g/mol. The first kappa shape index (κ1) is 19.3. The maximum atomic E-state index is 5.89. The van der Waals surface area contributed by atoms with Crippen LogP contribution in [0.2, 0.25) is 0 Å². The Morgan fingerprint density at radius 1 is 1.50 bits per heavy atom. The largest absolute Gasteiger partial charge is 0.381 e. The van der Waals surface area contributed by atoms with Crippen molar-refractivity contribution in [3.63, 3.8) is 0 Å². The molecule has 1 aromatic heterocycles. The van der Waals surface area contributed by atoms with Crippen LogP contribution in [-0.4, -0.2) is 62.0 Å². The van der Waals surface area contributed by atoms with E-state index in [1.54, 1.807) is 0 Å². The third kappa shape index (κ3) is 6.11. The molecule has 24 heavy (non-hydrogen) atoms. The number of hydrogen-bond donors (Lipinski definition) is 1. The summed E-state index contributed by atoms with van der Waals surface area (Å²) < 4.78 is 14.5. The first-order chi connectivity index (χ1) is 11.6. The Kier molecular flexibility index (Phi) is 8.08. The predicted octanol–water partition coefficient (Wildman–Crippen LogP) is 2.38. The minimum Gasteiger partial charge on any atom is -0.381 e. The summed E-state index contributed by atoms with van der Waals surface area (Å²) in [7, 11) is 5.92. The third-order valence-corrected chi connectivity index (χ3v) is 4.61. The molecular weight excluding hydrogens is 372 g/mol. The Morgan fingerprint density at radius 3 is 2.88 bits per heavy atom. The molecule has 136 valence electrons. The normalized spacial score (nSPS) is 16.4. The highest BCUT2D eigenvalue weighted by Crippen LogP contribution is 2.15. The molecule has 1 saturated heterocycles. The van der Waals surface area contributed by atoms with Crippen molar-refractivity contribution in [3.8, 4) is 0 Å². The number of aryl methyl sites for hydroxylation is 1. The van der Waals surface area contributed by atoms with Gasteiger partial charge >= 0.3 is 0 Å². The van der Waals surface area contributed by atoms with Crippen LogP contribution in [0.5, 0.6) is 0 Å². The summed E-state index contributed by atoms with van der Waals surface area (Å²) in [5.74, 6) is 0.901. The summed E-state index contributed by atoms with van der Waals surface area (Å²) >= 11 is 3.51. The quantitative estimate of drug-likeness (QED) is 0.433. The van der Waals surface area contributed by atoms with E-state index < -0.39 is 0 Å². The molecule has 6 nitrogen and oxygen atoms in total. The van der Waals surface area contributed by atoms with Crippen molar-refractivity contribution in [1.82, 2.24) is 14.8 Å². The van der Waals surface area contributed by atoms with Crippen molar-refractivity contribution in [1.29, 1.82) is 0 Å². The molecule has 2 rings (SSSR count). The number of rotatable bonds is 7. The standard InChI is InChI=1S/C17H29BrN4O2/c1-19-17(22(3)13-15-11-14(18)12-21(15)2)20-7-4-8-24-16-5-9-23-10-6-16/h11-12,16H,4-10,13H2,1-3H3,(H,19,20). The molecule has 0 bridgehead atoms. The smallest absolute Gasteiger partial charge is 0.193 e. The number of halogens is 1. The van der Waals surface area contributed by atoms with Crippen LogP contribution in [0.1, 0.15) is 25.0 Å². The zero-order valence-corrected chi connectivity index (χ0v) is 16.5. The second-order valence-electron chi connectivity index (χ2n) is 6.13. The molecule has 0 spiro atoms. The molecule has 0 amide bonds. The van der Waals surface area contributed by atoms with Crippen molar-refractivity contribution in [2.75, 3.05) is 40.5 Å². The highest BCUT2D eigenvalue weighted by Gasteiger charge is 2.13. The lowest BCUT2D eigenvalue weighted by molar-refractivity contribution is -0.0320. The van der Waals surface area contributed by atoms with E-state index in [4.69, 9.17) is 9.47 Å². The number of guanidine groups is 1. The fraction of sp³-hybridized carbons (Fsp3) is 0.706. The Hall–Kier alpha value is -1.05. The summed E-state index contributed by atoms with van der Waals surface area (Å²) in [6.07, 6.45) is 5.44. The highest BCUT2D eigenvalue weighted by molar-refractivity contribution is 9.10. The molecule has 1 aromatic rings. The molecule has 0 aromatic carbocycles. The molecule has 0 unspecified atom stereocenters. The lowest BCUT2D eigenvalue weighted by atomic mass is 10.1. The van der Waals surface area contributed by atoms with Crippen LogP contribution in [-0.2, 0) is 23.1 Å². The molecule has 0 saturated carbocycles. The lowest BCUT2D eigenvalue weighted by Gasteiger charge is -2.24.